The Bertz CT molecular complexity index is 134. The lowest BCUT2D eigenvalue weighted by molar-refractivity contribution is -0.140. The lowest BCUT2D eigenvalue weighted by Gasteiger charge is -2.19. The van der Waals surface area contributed by atoms with Crippen LogP contribution in [0, 0.1) is 0 Å². The van der Waals surface area contributed by atoms with Crippen LogP contribution in [0.25, 0.3) is 0 Å². The van der Waals surface area contributed by atoms with Crippen molar-refractivity contribution in [3.8, 4) is 0 Å². The van der Waals surface area contributed by atoms with Gasteiger partial charge in [0.2, 0.25) is 0 Å². The number of rotatable bonds is 6. The van der Waals surface area contributed by atoms with Crippen molar-refractivity contribution in [3.63, 3.8) is 0 Å². The second kappa shape index (κ2) is 5.97. The fourth-order valence-electron chi connectivity index (χ4n) is 1.01. The highest BCUT2D eigenvalue weighted by atomic mass is 16.4. The van der Waals surface area contributed by atoms with Crippen LogP contribution < -0.4 is 5.32 Å². The molecule has 0 saturated heterocycles. The van der Waals surface area contributed by atoms with Crippen LogP contribution in [0.1, 0.15) is 26.7 Å². The van der Waals surface area contributed by atoms with E-state index in [4.69, 9.17) is 10.2 Å². The van der Waals surface area contributed by atoms with Crippen LogP contribution in [0.4, 0.5) is 0 Å². The zero-order chi connectivity index (χ0) is 9.56. The highest BCUT2D eigenvalue weighted by Gasteiger charge is 2.18. The number of hydrogen-bond acceptors (Lipinski definition) is 3. The molecule has 0 bridgehead atoms. The summed E-state index contributed by atoms with van der Waals surface area (Å²) < 4.78 is 0. The molecule has 0 aromatic heterocycles. The summed E-state index contributed by atoms with van der Waals surface area (Å²) in [5.41, 5.74) is 0. The van der Waals surface area contributed by atoms with E-state index in [1.807, 2.05) is 13.8 Å². The largest absolute Gasteiger partial charge is 0.480 e. The molecule has 0 aromatic carbocycles. The third-order valence-electron chi connectivity index (χ3n) is 1.90. The summed E-state index contributed by atoms with van der Waals surface area (Å²) in [6.07, 6.45) is 1.75. The van der Waals surface area contributed by atoms with Gasteiger partial charge in [0.05, 0.1) is 6.61 Å². The van der Waals surface area contributed by atoms with Gasteiger partial charge in [-0.25, -0.2) is 0 Å². The molecule has 0 amide bonds. The molecule has 3 N–H and O–H groups in total. The first-order valence-corrected chi connectivity index (χ1v) is 4.25. The Morgan fingerprint density at radius 1 is 1.42 bits per heavy atom. The van der Waals surface area contributed by atoms with E-state index in [-0.39, 0.29) is 12.6 Å². The minimum absolute atomic E-state index is 0.179. The molecule has 0 saturated carbocycles. The van der Waals surface area contributed by atoms with Crippen LogP contribution in [0.2, 0.25) is 0 Å². The van der Waals surface area contributed by atoms with E-state index in [1.165, 1.54) is 0 Å². The van der Waals surface area contributed by atoms with Crippen molar-refractivity contribution < 1.29 is 15.0 Å². The van der Waals surface area contributed by atoms with Crippen molar-refractivity contribution in [3.05, 3.63) is 0 Å². The molecule has 1 unspecified atom stereocenters. The van der Waals surface area contributed by atoms with Crippen LogP contribution in [0.3, 0.4) is 0 Å². The third-order valence-corrected chi connectivity index (χ3v) is 1.90. The molecule has 0 aromatic rings. The van der Waals surface area contributed by atoms with Crippen molar-refractivity contribution in [2.75, 3.05) is 6.61 Å². The average Bonchev–Trinajstić information content (AvgIpc) is 2.06. The summed E-state index contributed by atoms with van der Waals surface area (Å²) in [7, 11) is 0. The predicted molar refractivity (Wildman–Crippen MR) is 46.0 cm³/mol. The van der Waals surface area contributed by atoms with Gasteiger partial charge in [-0.3, -0.25) is 10.1 Å². The number of carboxylic acids is 1. The maximum atomic E-state index is 10.5. The van der Waals surface area contributed by atoms with Crippen molar-refractivity contribution in [1.82, 2.24) is 5.32 Å². The third kappa shape index (κ3) is 3.69. The maximum Gasteiger partial charge on any atom is 0.323 e. The molecule has 4 nitrogen and oxygen atoms in total. The highest BCUT2D eigenvalue weighted by Crippen LogP contribution is 1.98. The molecule has 0 fully saturated rings. The fraction of sp³-hybridized carbons (Fsp3) is 0.875. The first kappa shape index (κ1) is 11.4. The molecule has 0 aliphatic carbocycles. The van der Waals surface area contributed by atoms with E-state index in [0.29, 0.717) is 0 Å². The van der Waals surface area contributed by atoms with Crippen LogP contribution in [0.15, 0.2) is 0 Å². The summed E-state index contributed by atoms with van der Waals surface area (Å²) in [6.45, 7) is 3.61. The van der Waals surface area contributed by atoms with Crippen LogP contribution in [-0.4, -0.2) is 34.9 Å². The van der Waals surface area contributed by atoms with E-state index in [1.54, 1.807) is 0 Å². The van der Waals surface area contributed by atoms with E-state index >= 15 is 0 Å². The first-order valence-electron chi connectivity index (χ1n) is 4.25. The number of carboxylic acid groups (broad SMARTS) is 1. The Morgan fingerprint density at radius 2 is 1.92 bits per heavy atom. The second-order valence-corrected chi connectivity index (χ2v) is 2.75. The van der Waals surface area contributed by atoms with Gasteiger partial charge in [0.25, 0.3) is 0 Å². The van der Waals surface area contributed by atoms with Crippen LogP contribution in [0.5, 0.6) is 0 Å². The fourth-order valence-corrected chi connectivity index (χ4v) is 1.01. The normalized spacial score (nSPS) is 13.3. The van der Waals surface area contributed by atoms with Crippen molar-refractivity contribution >= 4 is 5.97 Å². The smallest absolute Gasteiger partial charge is 0.323 e. The summed E-state index contributed by atoms with van der Waals surface area (Å²) in [4.78, 5) is 10.5. The van der Waals surface area contributed by atoms with E-state index in [2.05, 4.69) is 5.32 Å². The Hall–Kier alpha value is -0.610. The number of aliphatic hydroxyl groups excluding tert-OH is 1. The molecular formula is C8H17NO3. The lowest BCUT2D eigenvalue weighted by atomic mass is 10.1. The molecule has 72 valence electrons. The summed E-state index contributed by atoms with van der Waals surface area (Å²) in [6, 6.07) is -0.645. The topological polar surface area (TPSA) is 69.6 Å². The van der Waals surface area contributed by atoms with Crippen molar-refractivity contribution in [1.29, 1.82) is 0 Å². The monoisotopic (exact) mass is 175 g/mol. The van der Waals surface area contributed by atoms with Gasteiger partial charge in [-0.15, -0.1) is 0 Å². The SMILES string of the molecule is CCC(CC)NC(CO)C(=O)O. The van der Waals surface area contributed by atoms with Crippen LogP contribution >= 0.6 is 0 Å². The molecule has 0 radical (unpaired) electrons. The minimum Gasteiger partial charge on any atom is -0.480 e. The zero-order valence-electron chi connectivity index (χ0n) is 7.58. The molecule has 0 spiro atoms. The number of nitrogens with one attached hydrogen (secondary N) is 1. The van der Waals surface area contributed by atoms with Gasteiger partial charge in [-0.05, 0) is 12.8 Å². The molecule has 0 aliphatic heterocycles. The predicted octanol–water partition coefficient (Wildman–Crippen LogP) is 0.210. The van der Waals surface area contributed by atoms with E-state index in [0.717, 1.165) is 12.8 Å². The standard InChI is InChI=1S/C8H17NO3/c1-3-6(4-2)9-7(5-10)8(11)12/h6-7,9-10H,3-5H2,1-2H3,(H,11,12). The Kier molecular flexibility index (Phi) is 5.66. The number of carbonyl (C=O) groups is 1. The van der Waals surface area contributed by atoms with Gasteiger partial charge in [-0.2, -0.15) is 0 Å². The highest BCUT2D eigenvalue weighted by molar-refractivity contribution is 5.73. The van der Waals surface area contributed by atoms with Crippen LogP contribution in [-0.2, 0) is 4.79 Å². The molecule has 0 rings (SSSR count). The molecular weight excluding hydrogens is 158 g/mol. The lowest BCUT2D eigenvalue weighted by Crippen LogP contribution is -2.45. The Morgan fingerprint density at radius 3 is 2.17 bits per heavy atom. The number of aliphatic carboxylic acids is 1. The molecule has 0 heterocycles. The zero-order valence-corrected chi connectivity index (χ0v) is 7.58. The first-order chi connectivity index (χ1) is 5.65. The van der Waals surface area contributed by atoms with Crippen molar-refractivity contribution in [2.24, 2.45) is 0 Å². The van der Waals surface area contributed by atoms with E-state index < -0.39 is 12.0 Å². The number of hydrogen-bond donors (Lipinski definition) is 3. The van der Waals surface area contributed by atoms with Gasteiger partial charge < -0.3 is 10.2 Å². The quantitative estimate of drug-likeness (QED) is 0.539. The Balaban J connectivity index is 3.91. The summed E-state index contributed by atoms with van der Waals surface area (Å²) in [5, 5.41) is 20.1. The Labute approximate surface area is 72.6 Å². The minimum atomic E-state index is -0.996. The maximum absolute atomic E-state index is 10.5. The average molecular weight is 175 g/mol. The van der Waals surface area contributed by atoms with Gasteiger partial charge in [0.15, 0.2) is 0 Å². The summed E-state index contributed by atoms with van der Waals surface area (Å²) >= 11 is 0. The summed E-state index contributed by atoms with van der Waals surface area (Å²) in [5.74, 6) is -0.996. The van der Waals surface area contributed by atoms with Gasteiger partial charge in [0, 0.05) is 6.04 Å². The molecule has 12 heavy (non-hydrogen) atoms. The van der Waals surface area contributed by atoms with E-state index in [9.17, 15) is 4.79 Å². The molecule has 0 aliphatic rings. The van der Waals surface area contributed by atoms with Crippen molar-refractivity contribution in [2.45, 2.75) is 38.8 Å². The molecule has 1 atom stereocenters. The van der Waals surface area contributed by atoms with Gasteiger partial charge in [0.1, 0.15) is 6.04 Å². The van der Waals surface area contributed by atoms with Gasteiger partial charge >= 0.3 is 5.97 Å². The number of aliphatic hydroxyl groups is 1. The molecule has 4 heteroatoms. The second-order valence-electron chi connectivity index (χ2n) is 2.75. The van der Waals surface area contributed by atoms with Gasteiger partial charge in [-0.1, -0.05) is 13.8 Å².